The first kappa shape index (κ1) is 85.4. The summed E-state index contributed by atoms with van der Waals surface area (Å²) >= 11 is 0. The maximum Gasteiger partial charge on any atom is 0.338 e. The topological polar surface area (TPSA) is 165 Å². The second kappa shape index (κ2) is 33.7. The smallest absolute Gasteiger partial charge is 0.338 e. The molecular weight excluding hydrogens is 1310 g/mol. The van der Waals surface area contributed by atoms with Crippen molar-refractivity contribution in [2.45, 2.75) is 357 Å². The van der Waals surface area contributed by atoms with E-state index in [2.05, 4.69) is 196 Å². The minimum atomic E-state index is -2.65. The maximum absolute atomic E-state index is 14.3. The lowest BCUT2D eigenvalue weighted by molar-refractivity contribution is -0.227. The first-order valence-corrected chi connectivity index (χ1v) is 51.0. The van der Waals surface area contributed by atoms with Gasteiger partial charge in [-0.2, -0.15) is 0 Å². The number of aliphatic hydroxyl groups excluding tert-OH is 1. The van der Waals surface area contributed by atoms with Crippen LogP contribution >= 0.6 is 0 Å². The van der Waals surface area contributed by atoms with Crippen LogP contribution in [0, 0.1) is 11.8 Å². The third-order valence-corrected chi connectivity index (χ3v) is 46.4. The number of ether oxygens (including phenoxy) is 7. The molecule has 0 radical (unpaired) electrons. The van der Waals surface area contributed by atoms with Crippen molar-refractivity contribution in [1.29, 1.82) is 0 Å². The van der Waals surface area contributed by atoms with Crippen LogP contribution in [0.3, 0.4) is 0 Å². The van der Waals surface area contributed by atoms with Crippen molar-refractivity contribution < 1.29 is 70.0 Å². The Labute approximate surface area is 595 Å². The van der Waals surface area contributed by atoms with Crippen LogP contribution in [0.1, 0.15) is 185 Å². The van der Waals surface area contributed by atoms with Crippen molar-refractivity contribution in [3.63, 3.8) is 0 Å². The fraction of sp³-hybridized carbons (Fsp3) is 0.792. The summed E-state index contributed by atoms with van der Waals surface area (Å²) in [5, 5.41) is 11.5. The normalized spacial score (nSPS) is 28.8. The van der Waals surface area contributed by atoms with Gasteiger partial charge >= 0.3 is 11.9 Å². The molecule has 20 heteroatoms. The van der Waals surface area contributed by atoms with Crippen LogP contribution in [0.2, 0.25) is 90.7 Å². The molecule has 5 rings (SSSR count). The predicted octanol–water partition coefficient (Wildman–Crippen LogP) is 18.4. The first-order valence-electron chi connectivity index (χ1n) is 36.5. The van der Waals surface area contributed by atoms with Gasteiger partial charge in [-0.1, -0.05) is 160 Å². The molecule has 0 aliphatic carbocycles. The Kier molecular flexibility index (Phi) is 29.7. The van der Waals surface area contributed by atoms with Crippen molar-refractivity contribution >= 4 is 53.5 Å². The van der Waals surface area contributed by atoms with E-state index < -0.39 is 90.3 Å². The van der Waals surface area contributed by atoms with Gasteiger partial charge in [0.1, 0.15) is 24.4 Å². The van der Waals surface area contributed by atoms with Crippen LogP contribution in [0.5, 0.6) is 0 Å². The molecule has 0 saturated carbocycles. The van der Waals surface area contributed by atoms with E-state index >= 15 is 0 Å². The largest absolute Gasteiger partial charge is 0.469 e. The van der Waals surface area contributed by atoms with Gasteiger partial charge in [0.15, 0.2) is 47.7 Å². The lowest BCUT2D eigenvalue weighted by Gasteiger charge is -2.54. The second-order valence-electron chi connectivity index (χ2n) is 36.5. The summed E-state index contributed by atoms with van der Waals surface area (Å²) in [6.07, 6.45) is 4.17. The zero-order chi connectivity index (χ0) is 73.6. The van der Waals surface area contributed by atoms with E-state index in [0.717, 1.165) is 30.4 Å². The minimum Gasteiger partial charge on any atom is -0.469 e. The molecule has 0 aromatic heterocycles. The Balaban J connectivity index is 1.36. The first-order chi connectivity index (χ1) is 44.3. The number of methoxy groups -OCH3 is 2. The summed E-state index contributed by atoms with van der Waals surface area (Å²) in [7, 11) is -9.10. The molecule has 0 amide bonds. The molecule has 12 unspecified atom stereocenters. The number of esters is 2. The SMILES string of the molecule is C=CC[C@@H]1O[C@@H](C(/C=C/C(O)CCC2CC(=C)C(CCC3CC(C)C(=C)C(C[C@@H]4O[C@H](CC(CO[Si](C)(C)C(C)(C)C)O[Si](C)(C)C(C)(C)C)[C@H](OC)C4CC(=O)OC)O3)O2)O[Si](C)(C)C(C)(C)C)C(O[Si](C)(C)C(C)(C)C)C(O[Si](C)(C)C(C)(C)C)C1OC(=O)c1ccccc1. The van der Waals surface area contributed by atoms with Gasteiger partial charge in [0, 0.05) is 25.9 Å². The lowest BCUT2D eigenvalue weighted by Crippen LogP contribution is -2.68. The van der Waals surface area contributed by atoms with E-state index in [4.69, 9.17) is 55.3 Å². The van der Waals surface area contributed by atoms with Crippen LogP contribution in [0.4, 0.5) is 0 Å². The summed E-state index contributed by atoms with van der Waals surface area (Å²) < 4.78 is 83.4. The molecule has 17 atom stereocenters. The highest BCUT2D eigenvalue weighted by Crippen LogP contribution is 2.49. The van der Waals surface area contributed by atoms with Gasteiger partial charge in [0.2, 0.25) is 0 Å². The summed E-state index contributed by atoms with van der Waals surface area (Å²) in [4.78, 5) is 27.5. The summed E-state index contributed by atoms with van der Waals surface area (Å²) in [6, 6.07) is 9.08. The third kappa shape index (κ3) is 22.6. The molecule has 1 aromatic carbocycles. The Morgan fingerprint density at radius 3 is 1.71 bits per heavy atom. The highest BCUT2D eigenvalue weighted by molar-refractivity contribution is 6.76. The molecule has 4 heterocycles. The lowest BCUT2D eigenvalue weighted by atomic mass is 9.82. The average molecular weight is 1440 g/mol. The predicted molar refractivity (Wildman–Crippen MR) is 407 cm³/mol. The van der Waals surface area contributed by atoms with E-state index in [0.29, 0.717) is 50.7 Å². The molecule has 4 saturated heterocycles. The molecule has 4 aliphatic rings. The fourth-order valence-electron chi connectivity index (χ4n) is 12.3. The number of carbonyl (C=O) groups excluding carboxylic acids is 2. The molecule has 0 bridgehead atoms. The van der Waals surface area contributed by atoms with Gasteiger partial charge in [-0.3, -0.25) is 4.79 Å². The second-order valence-corrected chi connectivity index (χ2v) is 60.3. The monoisotopic (exact) mass is 1440 g/mol. The highest BCUT2D eigenvalue weighted by Gasteiger charge is 2.58. The van der Waals surface area contributed by atoms with Gasteiger partial charge < -0.3 is 60.4 Å². The molecule has 15 nitrogen and oxygen atoms in total. The number of carbonyl (C=O) groups is 2. The van der Waals surface area contributed by atoms with Crippen molar-refractivity contribution in [3.8, 4) is 0 Å². The van der Waals surface area contributed by atoms with Gasteiger partial charge in [-0.05, 0) is 165 Å². The van der Waals surface area contributed by atoms with Crippen molar-refractivity contribution in [3.05, 3.63) is 85.0 Å². The molecular formula is C77H138O15Si5. The Hall–Kier alpha value is -2.24. The Bertz CT molecular complexity index is 2750. The minimum absolute atomic E-state index is 0.0189. The van der Waals surface area contributed by atoms with E-state index in [1.165, 1.54) is 7.11 Å². The molecule has 1 N–H and O–H groups in total. The van der Waals surface area contributed by atoms with E-state index in [-0.39, 0.29) is 98.2 Å². The fourth-order valence-corrected chi connectivity index (χ4v) is 18.5. The molecule has 4 aliphatic heterocycles. The number of hydrogen-bond donors (Lipinski definition) is 1. The van der Waals surface area contributed by atoms with Crippen molar-refractivity contribution in [1.82, 2.24) is 0 Å². The summed E-state index contributed by atoms with van der Waals surface area (Å²) in [6.45, 7) is 72.0. The van der Waals surface area contributed by atoms with Gasteiger partial charge in [0.05, 0.1) is 86.7 Å². The van der Waals surface area contributed by atoms with E-state index in [1.807, 2.05) is 36.4 Å². The highest BCUT2D eigenvalue weighted by atomic mass is 28.4. The molecule has 556 valence electrons. The van der Waals surface area contributed by atoms with Crippen LogP contribution in [0.15, 0.2) is 79.4 Å². The summed E-state index contributed by atoms with van der Waals surface area (Å²) in [5.74, 6) is -0.855. The molecule has 1 aromatic rings. The third-order valence-electron chi connectivity index (χ3n) is 23.9. The van der Waals surface area contributed by atoms with E-state index in [9.17, 15) is 14.7 Å². The number of benzene rings is 1. The average Bonchev–Trinajstić information content (AvgIpc) is 1.13. The molecule has 97 heavy (non-hydrogen) atoms. The quantitative estimate of drug-likeness (QED) is 0.0424. The van der Waals surface area contributed by atoms with E-state index in [1.54, 1.807) is 19.2 Å². The summed E-state index contributed by atoms with van der Waals surface area (Å²) in [5.41, 5.74) is 2.51. The Morgan fingerprint density at radius 1 is 0.629 bits per heavy atom. The van der Waals surface area contributed by atoms with Crippen LogP contribution in [-0.2, 0) is 60.1 Å². The standard InChI is InChI=1S/C77H138O15Si5/c1-32-36-61-68(88-72(80)54-37-34-33-35-38-54)70(91-96(28,29)76(14,15)16)71(92-97(30,31)77(17,18)19)69(87-61)62(90-95(26,27)75(11,12)13)43-40-55(78)39-41-56-46-52(3)60(84-56)44-42-57-45-51(2)53(4)63(85-57)49-64-59(48-66(79)81-20)67(82-21)65(86-64)47-58(89-94(24,25)74(8,9)10)50-83-93(22,23)73(5,6)7/h32-35,37-38,40,43,51,55-65,67-71,78H,1,3-4,36,39,41-42,44-50H2,2,5-31H3/b43-40+/t51?,55?,56?,57?,58?,59?,60?,61-,62?,63?,64-,65+,67+,68?,69-,70?,71?/m0/s1. The maximum atomic E-state index is 14.3. The Morgan fingerprint density at radius 2 is 1.18 bits per heavy atom. The zero-order valence-corrected chi connectivity index (χ0v) is 71.0. The van der Waals surface area contributed by atoms with Crippen LogP contribution in [-0.4, -0.2) is 171 Å². The number of aliphatic hydroxyl groups is 1. The number of rotatable bonds is 31. The van der Waals surface area contributed by atoms with Crippen LogP contribution < -0.4 is 0 Å². The van der Waals surface area contributed by atoms with Gasteiger partial charge in [-0.15, -0.1) is 6.58 Å². The van der Waals surface area contributed by atoms with Crippen LogP contribution in [0.25, 0.3) is 0 Å². The number of hydrogen-bond acceptors (Lipinski definition) is 15. The van der Waals surface area contributed by atoms with Gasteiger partial charge in [-0.25, -0.2) is 4.79 Å². The van der Waals surface area contributed by atoms with Crippen molar-refractivity contribution in [2.24, 2.45) is 11.8 Å². The van der Waals surface area contributed by atoms with Crippen molar-refractivity contribution in [2.75, 3.05) is 20.8 Å². The zero-order valence-electron chi connectivity index (χ0n) is 66.0. The van der Waals surface area contributed by atoms with Gasteiger partial charge in [0.25, 0.3) is 0 Å². The molecule has 0 spiro atoms. The molecule has 4 fully saturated rings.